The number of hydrogen-bond donors (Lipinski definition) is 1. The molecule has 2 aromatic carbocycles. The highest BCUT2D eigenvalue weighted by molar-refractivity contribution is 5.94. The largest absolute Gasteiger partial charge is 0.435 e. The lowest BCUT2D eigenvalue weighted by molar-refractivity contribution is -0.0498. The highest BCUT2D eigenvalue weighted by Crippen LogP contribution is 2.15. The van der Waals surface area contributed by atoms with E-state index in [1.165, 1.54) is 12.1 Å². The maximum Gasteiger partial charge on any atom is 0.387 e. The fraction of sp³-hybridized carbons (Fsp3) is 0.188. The van der Waals surface area contributed by atoms with Gasteiger partial charge in [0.15, 0.2) is 0 Å². The number of halogens is 2. The van der Waals surface area contributed by atoms with Crippen molar-refractivity contribution < 1.29 is 18.3 Å². The van der Waals surface area contributed by atoms with Crippen LogP contribution in [-0.2, 0) is 6.54 Å². The molecule has 0 unspecified atom stereocenters. The van der Waals surface area contributed by atoms with Gasteiger partial charge in [-0.25, -0.2) is 0 Å². The van der Waals surface area contributed by atoms with Crippen molar-refractivity contribution in [1.82, 2.24) is 5.32 Å². The first-order chi connectivity index (χ1) is 10.0. The van der Waals surface area contributed by atoms with E-state index >= 15 is 0 Å². The van der Waals surface area contributed by atoms with Gasteiger partial charge in [0.1, 0.15) is 5.75 Å². The van der Waals surface area contributed by atoms with Crippen molar-refractivity contribution in [2.24, 2.45) is 0 Å². The Balaban J connectivity index is 1.92. The summed E-state index contributed by atoms with van der Waals surface area (Å²) in [6, 6.07) is 13.4. The van der Waals surface area contributed by atoms with Gasteiger partial charge in [0.2, 0.25) is 0 Å². The van der Waals surface area contributed by atoms with Crippen LogP contribution in [0, 0.1) is 6.92 Å². The lowest BCUT2D eigenvalue weighted by Gasteiger charge is -2.08. The van der Waals surface area contributed by atoms with Crippen molar-refractivity contribution in [1.29, 1.82) is 0 Å². The van der Waals surface area contributed by atoms with E-state index in [0.29, 0.717) is 12.1 Å². The average molecular weight is 291 g/mol. The monoisotopic (exact) mass is 291 g/mol. The lowest BCUT2D eigenvalue weighted by atomic mass is 10.1. The molecule has 0 aromatic heterocycles. The standard InChI is InChI=1S/C16H15F2NO2/c1-11-3-2-4-13(9-11)15(20)19-10-12-5-7-14(8-6-12)21-16(17)18/h2-9,16H,10H2,1H3,(H,19,20). The van der Waals surface area contributed by atoms with Crippen LogP contribution in [0.5, 0.6) is 5.75 Å². The summed E-state index contributed by atoms with van der Waals surface area (Å²) in [6.07, 6.45) is 0. The number of ether oxygens (including phenoxy) is 1. The van der Waals surface area contributed by atoms with E-state index < -0.39 is 6.61 Å². The summed E-state index contributed by atoms with van der Waals surface area (Å²) >= 11 is 0. The molecule has 5 heteroatoms. The van der Waals surface area contributed by atoms with Gasteiger partial charge >= 0.3 is 6.61 Å². The number of hydrogen-bond acceptors (Lipinski definition) is 2. The van der Waals surface area contributed by atoms with Crippen molar-refractivity contribution in [3.05, 3.63) is 65.2 Å². The highest BCUT2D eigenvalue weighted by atomic mass is 19.3. The number of nitrogens with one attached hydrogen (secondary N) is 1. The Labute approximate surface area is 121 Å². The van der Waals surface area contributed by atoms with Crippen LogP contribution in [-0.4, -0.2) is 12.5 Å². The van der Waals surface area contributed by atoms with E-state index in [1.54, 1.807) is 24.3 Å². The van der Waals surface area contributed by atoms with Gasteiger partial charge in [-0.05, 0) is 36.8 Å². The molecule has 0 radical (unpaired) electrons. The molecule has 1 N–H and O–H groups in total. The normalized spacial score (nSPS) is 10.5. The van der Waals surface area contributed by atoms with Gasteiger partial charge in [0.25, 0.3) is 5.91 Å². The Bertz CT molecular complexity index is 612. The Morgan fingerprint density at radius 2 is 1.90 bits per heavy atom. The molecule has 0 heterocycles. The molecule has 110 valence electrons. The molecule has 0 aliphatic rings. The number of carbonyl (C=O) groups is 1. The van der Waals surface area contributed by atoms with Gasteiger partial charge in [-0.15, -0.1) is 0 Å². The molecular weight excluding hydrogens is 276 g/mol. The molecule has 2 aromatic rings. The fourth-order valence-corrected chi connectivity index (χ4v) is 1.86. The fourth-order valence-electron chi connectivity index (χ4n) is 1.86. The van der Waals surface area contributed by atoms with Crippen molar-refractivity contribution in [2.75, 3.05) is 0 Å². The molecule has 0 saturated carbocycles. The summed E-state index contributed by atoms with van der Waals surface area (Å²) in [4.78, 5) is 11.9. The predicted molar refractivity (Wildman–Crippen MR) is 75.4 cm³/mol. The number of benzene rings is 2. The summed E-state index contributed by atoms with van der Waals surface area (Å²) in [5.74, 6) is -0.0784. The van der Waals surface area contributed by atoms with Gasteiger partial charge in [-0.3, -0.25) is 4.79 Å². The number of carbonyl (C=O) groups excluding carboxylic acids is 1. The van der Waals surface area contributed by atoms with E-state index in [2.05, 4.69) is 10.1 Å². The summed E-state index contributed by atoms with van der Waals surface area (Å²) < 4.78 is 28.3. The smallest absolute Gasteiger partial charge is 0.387 e. The van der Waals surface area contributed by atoms with Crippen LogP contribution in [0.1, 0.15) is 21.5 Å². The summed E-state index contributed by atoms with van der Waals surface area (Å²) in [5, 5.41) is 2.77. The molecule has 1 amide bonds. The first-order valence-electron chi connectivity index (χ1n) is 6.43. The first kappa shape index (κ1) is 15.0. The van der Waals surface area contributed by atoms with Gasteiger partial charge in [-0.1, -0.05) is 29.8 Å². The van der Waals surface area contributed by atoms with E-state index in [4.69, 9.17) is 0 Å². The third kappa shape index (κ3) is 4.56. The molecule has 21 heavy (non-hydrogen) atoms. The summed E-state index contributed by atoms with van der Waals surface area (Å²) in [6.45, 7) is -0.600. The zero-order valence-electron chi connectivity index (χ0n) is 11.5. The van der Waals surface area contributed by atoms with Crippen molar-refractivity contribution >= 4 is 5.91 Å². The minimum atomic E-state index is -2.84. The maximum absolute atomic E-state index is 12.0. The van der Waals surface area contributed by atoms with Crippen LogP contribution in [0.2, 0.25) is 0 Å². The summed E-state index contributed by atoms with van der Waals surface area (Å²) in [7, 11) is 0. The van der Waals surface area contributed by atoms with Crippen LogP contribution in [0.4, 0.5) is 8.78 Å². The van der Waals surface area contributed by atoms with Gasteiger partial charge in [-0.2, -0.15) is 8.78 Å². The van der Waals surface area contributed by atoms with Crippen LogP contribution < -0.4 is 10.1 Å². The van der Waals surface area contributed by atoms with Crippen LogP contribution in [0.3, 0.4) is 0 Å². The molecular formula is C16H15F2NO2. The second-order valence-electron chi connectivity index (χ2n) is 4.57. The Hall–Kier alpha value is -2.43. The SMILES string of the molecule is Cc1cccc(C(=O)NCc2ccc(OC(F)F)cc2)c1. The molecule has 0 aliphatic carbocycles. The Morgan fingerprint density at radius 1 is 1.19 bits per heavy atom. The molecule has 0 aliphatic heterocycles. The third-order valence-corrected chi connectivity index (χ3v) is 2.88. The second-order valence-corrected chi connectivity index (χ2v) is 4.57. The van der Waals surface area contributed by atoms with Gasteiger partial charge in [0.05, 0.1) is 0 Å². The Kier molecular flexibility index (Phi) is 4.87. The summed E-state index contributed by atoms with van der Waals surface area (Å²) in [5.41, 5.74) is 2.40. The molecule has 2 rings (SSSR count). The predicted octanol–water partition coefficient (Wildman–Crippen LogP) is 3.53. The minimum Gasteiger partial charge on any atom is -0.435 e. The molecule has 0 saturated heterocycles. The van der Waals surface area contributed by atoms with Gasteiger partial charge < -0.3 is 10.1 Å². The van der Waals surface area contributed by atoms with Crippen LogP contribution in [0.15, 0.2) is 48.5 Å². The van der Waals surface area contributed by atoms with Gasteiger partial charge in [0, 0.05) is 12.1 Å². The number of aryl methyl sites for hydroxylation is 1. The molecule has 0 atom stereocenters. The topological polar surface area (TPSA) is 38.3 Å². The third-order valence-electron chi connectivity index (χ3n) is 2.88. The van der Waals surface area contributed by atoms with Crippen LogP contribution in [0.25, 0.3) is 0 Å². The maximum atomic E-state index is 12.0. The van der Waals surface area contributed by atoms with E-state index in [-0.39, 0.29) is 11.7 Å². The quantitative estimate of drug-likeness (QED) is 0.915. The van der Waals surface area contributed by atoms with Crippen molar-refractivity contribution in [3.8, 4) is 5.75 Å². The van der Waals surface area contributed by atoms with E-state index in [0.717, 1.165) is 11.1 Å². The Morgan fingerprint density at radius 3 is 2.52 bits per heavy atom. The average Bonchev–Trinajstić information content (AvgIpc) is 2.45. The minimum absolute atomic E-state index is 0.0961. The van der Waals surface area contributed by atoms with Crippen molar-refractivity contribution in [3.63, 3.8) is 0 Å². The molecule has 0 spiro atoms. The molecule has 3 nitrogen and oxygen atoms in total. The molecule has 0 bridgehead atoms. The van der Waals surface area contributed by atoms with E-state index in [1.807, 2.05) is 19.1 Å². The van der Waals surface area contributed by atoms with E-state index in [9.17, 15) is 13.6 Å². The number of rotatable bonds is 5. The number of alkyl halides is 2. The lowest BCUT2D eigenvalue weighted by Crippen LogP contribution is -2.22. The zero-order chi connectivity index (χ0) is 15.2. The zero-order valence-corrected chi connectivity index (χ0v) is 11.5. The van der Waals surface area contributed by atoms with Crippen molar-refractivity contribution in [2.45, 2.75) is 20.1 Å². The first-order valence-corrected chi connectivity index (χ1v) is 6.43. The van der Waals surface area contributed by atoms with Crippen LogP contribution >= 0.6 is 0 Å². The molecule has 0 fully saturated rings. The number of amides is 1. The second kappa shape index (κ2) is 6.83. The highest BCUT2D eigenvalue weighted by Gasteiger charge is 2.06.